The Bertz CT molecular complexity index is 387. The van der Waals surface area contributed by atoms with Gasteiger partial charge in [0.05, 0.1) is 5.69 Å². The average molecular weight is 268 g/mol. The van der Waals surface area contributed by atoms with Gasteiger partial charge in [-0.1, -0.05) is 13.8 Å². The number of imidazole rings is 1. The maximum absolute atomic E-state index is 5.80. The Balaban J connectivity index is 2.75. The Morgan fingerprint density at radius 1 is 1.47 bits per heavy atom. The molecule has 5 heteroatoms. The fourth-order valence-electron chi connectivity index (χ4n) is 2.16. The number of hydrogen-bond donors (Lipinski definition) is 1. The van der Waals surface area contributed by atoms with Crippen molar-refractivity contribution >= 4 is 5.95 Å². The van der Waals surface area contributed by atoms with Crippen LogP contribution < -0.4 is 10.6 Å². The zero-order valence-corrected chi connectivity index (χ0v) is 12.9. The third-order valence-corrected chi connectivity index (χ3v) is 3.18. The van der Waals surface area contributed by atoms with E-state index in [4.69, 9.17) is 10.5 Å². The van der Waals surface area contributed by atoms with Crippen LogP contribution >= 0.6 is 0 Å². The second-order valence-corrected chi connectivity index (χ2v) is 5.95. The van der Waals surface area contributed by atoms with E-state index in [-0.39, 0.29) is 5.41 Å². The highest BCUT2D eigenvalue weighted by Gasteiger charge is 2.21. The monoisotopic (exact) mass is 268 g/mol. The summed E-state index contributed by atoms with van der Waals surface area (Å²) in [7, 11) is 3.81. The van der Waals surface area contributed by atoms with Gasteiger partial charge < -0.3 is 19.9 Å². The summed E-state index contributed by atoms with van der Waals surface area (Å²) >= 11 is 0. The van der Waals surface area contributed by atoms with Gasteiger partial charge in [-0.2, -0.15) is 0 Å². The lowest BCUT2D eigenvalue weighted by Gasteiger charge is -2.30. The summed E-state index contributed by atoms with van der Waals surface area (Å²) in [6.07, 6.45) is 3.09. The molecule has 0 saturated carbocycles. The van der Waals surface area contributed by atoms with Gasteiger partial charge in [-0.3, -0.25) is 0 Å². The molecule has 0 saturated heterocycles. The summed E-state index contributed by atoms with van der Waals surface area (Å²) in [6.45, 7) is 9.64. The summed E-state index contributed by atoms with van der Waals surface area (Å²) in [5, 5.41) is 0. The van der Waals surface area contributed by atoms with Gasteiger partial charge in [-0.05, 0) is 25.3 Å². The number of nitrogens with two attached hydrogens (primary N) is 1. The molecule has 0 amide bonds. The third kappa shape index (κ3) is 4.84. The van der Waals surface area contributed by atoms with Crippen molar-refractivity contribution in [2.45, 2.75) is 33.7 Å². The first kappa shape index (κ1) is 16.0. The number of hydrogen-bond acceptors (Lipinski definition) is 4. The van der Waals surface area contributed by atoms with Crippen LogP contribution in [0.15, 0.2) is 6.20 Å². The zero-order valence-electron chi connectivity index (χ0n) is 12.9. The van der Waals surface area contributed by atoms with Crippen molar-refractivity contribution in [2.75, 3.05) is 38.8 Å². The van der Waals surface area contributed by atoms with Gasteiger partial charge in [0.1, 0.15) is 0 Å². The standard InChI is InChI=1S/C14H28N4O/c1-12-9-18(7-6-8-19-5)13(16-12)17(4)11-14(2,3)10-15/h9H,6-8,10-11,15H2,1-5H3. The fourth-order valence-corrected chi connectivity index (χ4v) is 2.16. The molecule has 5 nitrogen and oxygen atoms in total. The molecule has 0 radical (unpaired) electrons. The second-order valence-electron chi connectivity index (χ2n) is 5.95. The normalized spacial score (nSPS) is 11.9. The minimum absolute atomic E-state index is 0.0893. The summed E-state index contributed by atoms with van der Waals surface area (Å²) in [4.78, 5) is 6.80. The van der Waals surface area contributed by atoms with Crippen molar-refractivity contribution in [1.82, 2.24) is 9.55 Å². The Morgan fingerprint density at radius 2 is 2.16 bits per heavy atom. The first-order valence-electron chi connectivity index (χ1n) is 6.83. The zero-order chi connectivity index (χ0) is 14.5. The molecule has 0 spiro atoms. The van der Waals surface area contributed by atoms with Crippen molar-refractivity contribution in [2.24, 2.45) is 11.1 Å². The lowest BCUT2D eigenvalue weighted by Crippen LogP contribution is -2.37. The molecule has 1 aromatic heterocycles. The van der Waals surface area contributed by atoms with E-state index < -0.39 is 0 Å². The van der Waals surface area contributed by atoms with Gasteiger partial charge in [-0.15, -0.1) is 0 Å². The molecule has 0 aliphatic heterocycles. The molecule has 1 rings (SSSR count). The molecule has 0 unspecified atom stereocenters. The summed E-state index contributed by atoms with van der Waals surface area (Å²) in [5.74, 6) is 1.01. The van der Waals surface area contributed by atoms with Crippen LogP contribution in [-0.4, -0.2) is 43.4 Å². The molecule has 110 valence electrons. The molecule has 2 N–H and O–H groups in total. The number of rotatable bonds is 8. The SMILES string of the molecule is COCCCn1cc(C)nc1N(C)CC(C)(C)CN. The number of nitrogens with zero attached hydrogens (tertiary/aromatic N) is 3. The summed E-state index contributed by atoms with van der Waals surface area (Å²) < 4.78 is 7.30. The summed E-state index contributed by atoms with van der Waals surface area (Å²) in [6, 6.07) is 0. The number of anilines is 1. The summed E-state index contributed by atoms with van der Waals surface area (Å²) in [5.41, 5.74) is 6.94. The lowest BCUT2D eigenvalue weighted by molar-refractivity contribution is 0.190. The van der Waals surface area contributed by atoms with E-state index in [1.807, 2.05) is 6.92 Å². The minimum Gasteiger partial charge on any atom is -0.385 e. The van der Waals surface area contributed by atoms with E-state index in [1.165, 1.54) is 0 Å². The van der Waals surface area contributed by atoms with Crippen LogP contribution in [0.3, 0.4) is 0 Å². The highest BCUT2D eigenvalue weighted by atomic mass is 16.5. The molecular weight excluding hydrogens is 240 g/mol. The number of methoxy groups -OCH3 is 1. The second kappa shape index (κ2) is 6.91. The Morgan fingerprint density at radius 3 is 2.74 bits per heavy atom. The highest BCUT2D eigenvalue weighted by molar-refractivity contribution is 5.32. The molecule has 0 aliphatic carbocycles. The van der Waals surface area contributed by atoms with Gasteiger partial charge in [0.15, 0.2) is 0 Å². The molecular formula is C14H28N4O. The third-order valence-electron chi connectivity index (χ3n) is 3.18. The van der Waals surface area contributed by atoms with Crippen molar-refractivity contribution in [1.29, 1.82) is 0 Å². The van der Waals surface area contributed by atoms with Gasteiger partial charge in [0.2, 0.25) is 5.95 Å². The molecule has 0 atom stereocenters. The smallest absolute Gasteiger partial charge is 0.205 e. The highest BCUT2D eigenvalue weighted by Crippen LogP contribution is 2.20. The predicted molar refractivity (Wildman–Crippen MR) is 79.6 cm³/mol. The first-order chi connectivity index (χ1) is 8.89. The Kier molecular flexibility index (Phi) is 5.82. The van der Waals surface area contributed by atoms with Gasteiger partial charge in [0.25, 0.3) is 0 Å². The number of ether oxygens (including phenoxy) is 1. The van der Waals surface area contributed by atoms with Crippen LogP contribution in [0.1, 0.15) is 26.0 Å². The lowest BCUT2D eigenvalue weighted by atomic mass is 9.93. The van der Waals surface area contributed by atoms with Crippen LogP contribution in [0.25, 0.3) is 0 Å². The van der Waals surface area contributed by atoms with E-state index in [9.17, 15) is 0 Å². The van der Waals surface area contributed by atoms with E-state index in [2.05, 4.69) is 41.5 Å². The number of aromatic nitrogens is 2. The topological polar surface area (TPSA) is 56.3 Å². The molecule has 1 aromatic rings. The number of aryl methyl sites for hydroxylation is 2. The Hall–Kier alpha value is -1.07. The maximum atomic E-state index is 5.80. The maximum Gasteiger partial charge on any atom is 0.205 e. The van der Waals surface area contributed by atoms with Crippen molar-refractivity contribution < 1.29 is 4.74 Å². The van der Waals surface area contributed by atoms with Gasteiger partial charge in [0, 0.05) is 40.1 Å². The van der Waals surface area contributed by atoms with Gasteiger partial charge in [-0.25, -0.2) is 4.98 Å². The molecule has 0 fully saturated rings. The molecule has 19 heavy (non-hydrogen) atoms. The van der Waals surface area contributed by atoms with Crippen LogP contribution in [-0.2, 0) is 11.3 Å². The van der Waals surface area contributed by atoms with Crippen LogP contribution in [0.5, 0.6) is 0 Å². The van der Waals surface area contributed by atoms with E-state index in [0.29, 0.717) is 6.54 Å². The van der Waals surface area contributed by atoms with Crippen LogP contribution in [0, 0.1) is 12.3 Å². The van der Waals surface area contributed by atoms with Crippen LogP contribution in [0.2, 0.25) is 0 Å². The van der Waals surface area contributed by atoms with Crippen molar-refractivity contribution in [3.05, 3.63) is 11.9 Å². The van der Waals surface area contributed by atoms with E-state index in [0.717, 1.165) is 37.8 Å². The molecule has 0 bridgehead atoms. The van der Waals surface area contributed by atoms with E-state index in [1.54, 1.807) is 7.11 Å². The quantitative estimate of drug-likeness (QED) is 0.728. The van der Waals surface area contributed by atoms with E-state index >= 15 is 0 Å². The predicted octanol–water partition coefficient (Wildman–Crippen LogP) is 1.65. The molecule has 1 heterocycles. The van der Waals surface area contributed by atoms with Crippen molar-refractivity contribution in [3.8, 4) is 0 Å². The molecule has 0 aliphatic rings. The van der Waals surface area contributed by atoms with Crippen molar-refractivity contribution in [3.63, 3.8) is 0 Å². The molecule has 0 aromatic carbocycles. The Labute approximate surface area is 116 Å². The fraction of sp³-hybridized carbons (Fsp3) is 0.786. The first-order valence-corrected chi connectivity index (χ1v) is 6.83. The van der Waals surface area contributed by atoms with Crippen LogP contribution in [0.4, 0.5) is 5.95 Å². The average Bonchev–Trinajstić information content (AvgIpc) is 2.70. The largest absolute Gasteiger partial charge is 0.385 e. The van der Waals surface area contributed by atoms with Gasteiger partial charge >= 0.3 is 0 Å². The minimum atomic E-state index is 0.0893.